The van der Waals surface area contributed by atoms with Gasteiger partial charge in [-0.3, -0.25) is 4.98 Å². The lowest BCUT2D eigenvalue weighted by molar-refractivity contribution is 1.08. The van der Waals surface area contributed by atoms with Gasteiger partial charge in [0.1, 0.15) is 11.6 Å². The van der Waals surface area contributed by atoms with E-state index in [4.69, 9.17) is 5.73 Å². The first-order valence-corrected chi connectivity index (χ1v) is 6.49. The molecule has 0 spiro atoms. The van der Waals surface area contributed by atoms with Crippen LogP contribution in [-0.2, 0) is 6.54 Å². The Morgan fingerprint density at radius 3 is 2.62 bits per heavy atom. The summed E-state index contributed by atoms with van der Waals surface area (Å²) in [7, 11) is 0. The van der Waals surface area contributed by atoms with Gasteiger partial charge in [0, 0.05) is 31.3 Å². The van der Waals surface area contributed by atoms with E-state index in [0.717, 1.165) is 16.9 Å². The van der Waals surface area contributed by atoms with Crippen LogP contribution >= 0.6 is 0 Å². The molecule has 3 heterocycles. The van der Waals surface area contributed by atoms with Gasteiger partial charge in [-0.15, -0.1) is 0 Å². The van der Waals surface area contributed by atoms with Crippen LogP contribution in [0.3, 0.4) is 0 Å². The molecule has 6 nitrogen and oxygen atoms in total. The predicted octanol–water partition coefficient (Wildman–Crippen LogP) is 2.13. The van der Waals surface area contributed by atoms with Crippen molar-refractivity contribution < 1.29 is 0 Å². The van der Waals surface area contributed by atoms with Crippen molar-refractivity contribution >= 4 is 11.6 Å². The monoisotopic (exact) mass is 278 g/mol. The fourth-order valence-electron chi connectivity index (χ4n) is 1.89. The average molecular weight is 278 g/mol. The zero-order valence-corrected chi connectivity index (χ0v) is 11.3. The van der Waals surface area contributed by atoms with Crippen molar-refractivity contribution in [2.45, 2.75) is 6.54 Å². The zero-order valence-electron chi connectivity index (χ0n) is 11.3. The van der Waals surface area contributed by atoms with Crippen LogP contribution in [0.1, 0.15) is 5.56 Å². The van der Waals surface area contributed by atoms with Crippen molar-refractivity contribution in [2.24, 2.45) is 0 Å². The lowest BCUT2D eigenvalue weighted by atomic mass is 10.2. The molecule has 0 saturated heterocycles. The van der Waals surface area contributed by atoms with Gasteiger partial charge in [-0.1, -0.05) is 0 Å². The standard InChI is InChI=1S/C15H14N6/c16-14-12(2-1-6-18-14)15-19-9-5-13(21-15)20-10-11-3-7-17-8-4-11/h1-9H,10H2,(H2,16,18)(H,19,20,21). The number of anilines is 2. The molecule has 0 bridgehead atoms. The van der Waals surface area contributed by atoms with Gasteiger partial charge in [0.25, 0.3) is 0 Å². The Balaban J connectivity index is 1.79. The molecule has 0 radical (unpaired) electrons. The van der Waals surface area contributed by atoms with E-state index in [-0.39, 0.29) is 0 Å². The Hall–Kier alpha value is -3.02. The maximum absolute atomic E-state index is 5.85. The van der Waals surface area contributed by atoms with Crippen molar-refractivity contribution in [3.63, 3.8) is 0 Å². The van der Waals surface area contributed by atoms with E-state index < -0.39 is 0 Å². The van der Waals surface area contributed by atoms with E-state index in [1.54, 1.807) is 24.8 Å². The summed E-state index contributed by atoms with van der Waals surface area (Å²) >= 11 is 0. The fourth-order valence-corrected chi connectivity index (χ4v) is 1.89. The summed E-state index contributed by atoms with van der Waals surface area (Å²) in [6.07, 6.45) is 6.87. The Bertz CT molecular complexity index is 729. The number of nitrogens with one attached hydrogen (secondary N) is 1. The minimum absolute atomic E-state index is 0.420. The van der Waals surface area contributed by atoms with Crippen molar-refractivity contribution in [3.8, 4) is 11.4 Å². The van der Waals surface area contributed by atoms with E-state index in [1.807, 2.05) is 30.3 Å². The largest absolute Gasteiger partial charge is 0.383 e. The van der Waals surface area contributed by atoms with Gasteiger partial charge in [0.2, 0.25) is 0 Å². The molecule has 0 aliphatic carbocycles. The van der Waals surface area contributed by atoms with Crippen molar-refractivity contribution in [2.75, 3.05) is 11.1 Å². The number of pyridine rings is 2. The summed E-state index contributed by atoms with van der Waals surface area (Å²) in [5.41, 5.74) is 7.71. The first-order valence-electron chi connectivity index (χ1n) is 6.49. The molecule has 6 heteroatoms. The molecule has 21 heavy (non-hydrogen) atoms. The minimum Gasteiger partial charge on any atom is -0.383 e. The quantitative estimate of drug-likeness (QED) is 0.760. The van der Waals surface area contributed by atoms with Gasteiger partial charge in [-0.2, -0.15) is 0 Å². The van der Waals surface area contributed by atoms with Crippen LogP contribution in [0.4, 0.5) is 11.6 Å². The molecule has 0 atom stereocenters. The van der Waals surface area contributed by atoms with E-state index in [1.165, 1.54) is 0 Å². The summed E-state index contributed by atoms with van der Waals surface area (Å²) in [4.78, 5) is 16.7. The van der Waals surface area contributed by atoms with Crippen LogP contribution in [0.5, 0.6) is 0 Å². The van der Waals surface area contributed by atoms with E-state index in [2.05, 4.69) is 25.3 Å². The van der Waals surface area contributed by atoms with Crippen molar-refractivity contribution in [3.05, 3.63) is 60.7 Å². The van der Waals surface area contributed by atoms with Crippen molar-refractivity contribution in [1.82, 2.24) is 19.9 Å². The lowest BCUT2D eigenvalue weighted by Crippen LogP contribution is -2.03. The third kappa shape index (κ3) is 3.11. The van der Waals surface area contributed by atoms with Gasteiger partial charge < -0.3 is 11.1 Å². The van der Waals surface area contributed by atoms with Gasteiger partial charge >= 0.3 is 0 Å². The van der Waals surface area contributed by atoms with Crippen LogP contribution in [0.2, 0.25) is 0 Å². The molecular formula is C15H14N6. The fraction of sp³-hybridized carbons (Fsp3) is 0.0667. The summed E-state index contributed by atoms with van der Waals surface area (Å²) in [6.45, 7) is 0.668. The molecule has 0 amide bonds. The van der Waals surface area contributed by atoms with E-state index in [9.17, 15) is 0 Å². The van der Waals surface area contributed by atoms with Gasteiger partial charge in [-0.25, -0.2) is 15.0 Å². The summed E-state index contributed by atoms with van der Waals surface area (Å²) in [6, 6.07) is 9.39. The number of hydrogen-bond acceptors (Lipinski definition) is 6. The van der Waals surface area contributed by atoms with Crippen molar-refractivity contribution in [1.29, 1.82) is 0 Å². The summed E-state index contributed by atoms with van der Waals surface area (Å²) in [5.74, 6) is 1.71. The highest BCUT2D eigenvalue weighted by molar-refractivity contribution is 5.68. The molecule has 0 fully saturated rings. The second-order valence-corrected chi connectivity index (χ2v) is 4.41. The zero-order chi connectivity index (χ0) is 14.5. The number of rotatable bonds is 4. The van der Waals surface area contributed by atoms with Gasteiger partial charge in [-0.05, 0) is 35.9 Å². The second-order valence-electron chi connectivity index (χ2n) is 4.41. The SMILES string of the molecule is Nc1ncccc1-c1nccc(NCc2ccncc2)n1. The van der Waals surface area contributed by atoms with Crippen LogP contribution < -0.4 is 11.1 Å². The third-order valence-electron chi connectivity index (χ3n) is 2.96. The first-order chi connectivity index (χ1) is 10.3. The van der Waals surface area contributed by atoms with E-state index in [0.29, 0.717) is 18.2 Å². The molecule has 0 saturated carbocycles. The predicted molar refractivity (Wildman–Crippen MR) is 81.2 cm³/mol. The first kappa shape index (κ1) is 13.0. The molecule has 3 rings (SSSR count). The topological polar surface area (TPSA) is 89.6 Å². The average Bonchev–Trinajstić information content (AvgIpc) is 2.55. The number of nitrogens with zero attached hydrogens (tertiary/aromatic N) is 4. The molecule has 0 aromatic carbocycles. The van der Waals surface area contributed by atoms with Crippen LogP contribution in [0.15, 0.2) is 55.1 Å². The summed E-state index contributed by atoms with van der Waals surface area (Å²) < 4.78 is 0. The number of nitrogen functional groups attached to an aromatic ring is 1. The maximum Gasteiger partial charge on any atom is 0.165 e. The number of nitrogens with two attached hydrogens (primary N) is 1. The van der Waals surface area contributed by atoms with Crippen LogP contribution in [-0.4, -0.2) is 19.9 Å². The molecule has 3 aromatic heterocycles. The lowest BCUT2D eigenvalue weighted by Gasteiger charge is -2.07. The normalized spacial score (nSPS) is 10.3. The highest BCUT2D eigenvalue weighted by Crippen LogP contribution is 2.20. The Kier molecular flexibility index (Phi) is 3.68. The molecule has 0 aliphatic rings. The second kappa shape index (κ2) is 5.96. The van der Waals surface area contributed by atoms with E-state index >= 15 is 0 Å². The Labute approximate surface area is 122 Å². The smallest absolute Gasteiger partial charge is 0.165 e. The number of aromatic nitrogens is 4. The van der Waals surface area contributed by atoms with Crippen LogP contribution in [0.25, 0.3) is 11.4 Å². The molecular weight excluding hydrogens is 264 g/mol. The van der Waals surface area contributed by atoms with Gasteiger partial charge in [0.05, 0.1) is 5.56 Å². The summed E-state index contributed by atoms with van der Waals surface area (Å²) in [5, 5.41) is 3.25. The molecule has 0 unspecified atom stereocenters. The molecule has 3 aromatic rings. The van der Waals surface area contributed by atoms with Crippen LogP contribution in [0, 0.1) is 0 Å². The Morgan fingerprint density at radius 2 is 1.81 bits per heavy atom. The molecule has 0 aliphatic heterocycles. The molecule has 104 valence electrons. The highest BCUT2D eigenvalue weighted by atomic mass is 15.0. The minimum atomic E-state index is 0.420. The molecule has 3 N–H and O–H groups in total. The van der Waals surface area contributed by atoms with Gasteiger partial charge in [0.15, 0.2) is 5.82 Å². The Morgan fingerprint density at radius 1 is 0.952 bits per heavy atom. The number of hydrogen-bond donors (Lipinski definition) is 2. The maximum atomic E-state index is 5.85. The highest BCUT2D eigenvalue weighted by Gasteiger charge is 2.06. The third-order valence-corrected chi connectivity index (χ3v) is 2.96.